The molecule has 86 valence electrons. The van der Waals surface area contributed by atoms with Gasteiger partial charge in [-0.3, -0.25) is 0 Å². The molecule has 0 aromatic carbocycles. The first-order chi connectivity index (χ1) is 7.11. The van der Waals surface area contributed by atoms with Crippen molar-refractivity contribution < 1.29 is 4.74 Å². The molecule has 1 aliphatic rings. The minimum absolute atomic E-state index is 0.347. The molecule has 3 heteroatoms. The summed E-state index contributed by atoms with van der Waals surface area (Å²) in [6.45, 7) is 4.60. The van der Waals surface area contributed by atoms with Crippen molar-refractivity contribution in [2.75, 3.05) is 13.7 Å². The van der Waals surface area contributed by atoms with Gasteiger partial charge in [-0.1, -0.05) is 19.8 Å². The van der Waals surface area contributed by atoms with Crippen molar-refractivity contribution in [3.8, 4) is 6.07 Å². The van der Waals surface area contributed by atoms with E-state index in [0.29, 0.717) is 18.6 Å². The highest BCUT2D eigenvalue weighted by atomic mass is 16.5. The van der Waals surface area contributed by atoms with E-state index in [1.54, 1.807) is 7.05 Å². The van der Waals surface area contributed by atoms with Gasteiger partial charge in [-0.2, -0.15) is 5.26 Å². The van der Waals surface area contributed by atoms with Crippen LogP contribution >= 0.6 is 0 Å². The highest BCUT2D eigenvalue weighted by molar-refractivity contribution is 5.03. The summed E-state index contributed by atoms with van der Waals surface area (Å²) in [6, 6.07) is 2.25. The largest absolute Gasteiger partial charge is 0.375 e. The van der Waals surface area contributed by atoms with Crippen LogP contribution in [0.15, 0.2) is 0 Å². The van der Waals surface area contributed by atoms with Gasteiger partial charge in [0.25, 0.3) is 0 Å². The molecule has 0 bridgehead atoms. The van der Waals surface area contributed by atoms with E-state index in [0.717, 1.165) is 6.42 Å². The molecule has 0 radical (unpaired) electrons. The summed E-state index contributed by atoms with van der Waals surface area (Å²) >= 11 is 0. The molecule has 0 amide bonds. The predicted molar refractivity (Wildman–Crippen MR) is 60.4 cm³/mol. The molecule has 0 heterocycles. The van der Waals surface area contributed by atoms with Gasteiger partial charge >= 0.3 is 0 Å². The molecule has 1 fully saturated rings. The number of ether oxygens (including phenoxy) is 1. The lowest BCUT2D eigenvalue weighted by Crippen LogP contribution is -2.44. The maximum absolute atomic E-state index is 8.99. The van der Waals surface area contributed by atoms with E-state index < -0.39 is 5.54 Å². The van der Waals surface area contributed by atoms with Gasteiger partial charge in [0.1, 0.15) is 5.54 Å². The Hall–Kier alpha value is -0.590. The zero-order chi connectivity index (χ0) is 11.3. The second kappa shape index (κ2) is 5.48. The van der Waals surface area contributed by atoms with Crippen LogP contribution in [-0.2, 0) is 4.74 Å². The Morgan fingerprint density at radius 1 is 1.47 bits per heavy atom. The third-order valence-electron chi connectivity index (χ3n) is 3.42. The lowest BCUT2D eigenvalue weighted by atomic mass is 9.88. The zero-order valence-corrected chi connectivity index (χ0v) is 10.0. The molecule has 1 rings (SSSR count). The monoisotopic (exact) mass is 210 g/mol. The number of nitrogens with zero attached hydrogens (tertiary/aromatic N) is 1. The van der Waals surface area contributed by atoms with Crippen molar-refractivity contribution in [1.29, 1.82) is 5.26 Å². The zero-order valence-electron chi connectivity index (χ0n) is 10.0. The summed E-state index contributed by atoms with van der Waals surface area (Å²) in [6.07, 6.45) is 5.33. The minimum atomic E-state index is -0.544. The summed E-state index contributed by atoms with van der Waals surface area (Å²) in [5.74, 6) is 0.638. The fourth-order valence-electron chi connectivity index (χ4n) is 1.96. The molecular weight excluding hydrogens is 188 g/mol. The van der Waals surface area contributed by atoms with Gasteiger partial charge in [0, 0.05) is 0 Å². The summed E-state index contributed by atoms with van der Waals surface area (Å²) < 4.78 is 5.86. The molecule has 0 aromatic rings. The SMILES string of the molecule is CNC(C)(C#N)COC1CCCCC1C. The number of rotatable bonds is 4. The maximum Gasteiger partial charge on any atom is 0.127 e. The van der Waals surface area contributed by atoms with E-state index in [4.69, 9.17) is 10.00 Å². The first kappa shape index (κ1) is 12.5. The topological polar surface area (TPSA) is 45.0 Å². The van der Waals surface area contributed by atoms with Crippen molar-refractivity contribution in [3.63, 3.8) is 0 Å². The Morgan fingerprint density at radius 3 is 2.67 bits per heavy atom. The predicted octanol–water partition coefficient (Wildman–Crippen LogP) is 2.08. The number of nitriles is 1. The quantitative estimate of drug-likeness (QED) is 0.772. The van der Waals surface area contributed by atoms with Crippen LogP contribution in [-0.4, -0.2) is 25.3 Å². The average Bonchev–Trinajstić information content (AvgIpc) is 2.28. The smallest absolute Gasteiger partial charge is 0.127 e. The van der Waals surface area contributed by atoms with Crippen molar-refractivity contribution in [2.45, 2.75) is 51.2 Å². The summed E-state index contributed by atoms with van der Waals surface area (Å²) in [5, 5.41) is 12.0. The number of nitrogens with one attached hydrogen (secondary N) is 1. The summed E-state index contributed by atoms with van der Waals surface area (Å²) in [5.41, 5.74) is -0.544. The van der Waals surface area contributed by atoms with Crippen LogP contribution in [0.3, 0.4) is 0 Å². The fourth-order valence-corrected chi connectivity index (χ4v) is 1.96. The Balaban J connectivity index is 2.38. The van der Waals surface area contributed by atoms with E-state index in [9.17, 15) is 0 Å². The lowest BCUT2D eigenvalue weighted by molar-refractivity contribution is -0.0216. The van der Waals surface area contributed by atoms with Crippen molar-refractivity contribution in [3.05, 3.63) is 0 Å². The van der Waals surface area contributed by atoms with Gasteiger partial charge in [0.15, 0.2) is 0 Å². The number of likely N-dealkylation sites (N-methyl/N-ethyl adjacent to an activating group) is 1. The van der Waals surface area contributed by atoms with Gasteiger partial charge in [0.2, 0.25) is 0 Å². The minimum Gasteiger partial charge on any atom is -0.375 e. The summed E-state index contributed by atoms with van der Waals surface area (Å²) in [4.78, 5) is 0. The normalized spacial score (nSPS) is 30.5. The molecule has 3 atom stereocenters. The van der Waals surface area contributed by atoms with Crippen LogP contribution in [0.2, 0.25) is 0 Å². The van der Waals surface area contributed by atoms with Crippen molar-refractivity contribution >= 4 is 0 Å². The Labute approximate surface area is 92.8 Å². The standard InChI is InChI=1S/C12H22N2O/c1-10-6-4-5-7-11(10)15-9-12(2,8-13)14-3/h10-11,14H,4-7,9H2,1-3H3. The van der Waals surface area contributed by atoms with Crippen molar-refractivity contribution in [2.24, 2.45) is 5.92 Å². The molecule has 1 saturated carbocycles. The van der Waals surface area contributed by atoms with E-state index in [1.807, 2.05) is 6.92 Å². The molecule has 0 aliphatic heterocycles. The summed E-state index contributed by atoms with van der Waals surface area (Å²) in [7, 11) is 1.80. The van der Waals surface area contributed by atoms with Crippen LogP contribution in [0.4, 0.5) is 0 Å². The van der Waals surface area contributed by atoms with Crippen LogP contribution in [0.5, 0.6) is 0 Å². The van der Waals surface area contributed by atoms with Crippen LogP contribution in [0.1, 0.15) is 39.5 Å². The third kappa shape index (κ3) is 3.48. The van der Waals surface area contributed by atoms with E-state index >= 15 is 0 Å². The highest BCUT2D eigenvalue weighted by Gasteiger charge is 2.27. The van der Waals surface area contributed by atoms with Crippen LogP contribution in [0, 0.1) is 17.2 Å². The van der Waals surface area contributed by atoms with Gasteiger partial charge in [-0.15, -0.1) is 0 Å². The maximum atomic E-state index is 8.99. The van der Waals surface area contributed by atoms with Crippen molar-refractivity contribution in [1.82, 2.24) is 5.32 Å². The van der Waals surface area contributed by atoms with Crippen LogP contribution in [0.25, 0.3) is 0 Å². The molecule has 15 heavy (non-hydrogen) atoms. The third-order valence-corrected chi connectivity index (χ3v) is 3.42. The number of hydrogen-bond donors (Lipinski definition) is 1. The molecule has 0 spiro atoms. The van der Waals surface area contributed by atoms with E-state index in [2.05, 4.69) is 18.3 Å². The molecule has 3 nitrogen and oxygen atoms in total. The first-order valence-corrected chi connectivity index (χ1v) is 5.83. The Morgan fingerprint density at radius 2 is 2.13 bits per heavy atom. The number of hydrogen-bond acceptors (Lipinski definition) is 3. The van der Waals surface area contributed by atoms with E-state index in [-0.39, 0.29) is 0 Å². The Kier molecular flexibility index (Phi) is 4.56. The van der Waals surface area contributed by atoms with Gasteiger partial charge < -0.3 is 10.1 Å². The van der Waals surface area contributed by atoms with Crippen LogP contribution < -0.4 is 5.32 Å². The first-order valence-electron chi connectivity index (χ1n) is 5.83. The Bertz CT molecular complexity index is 236. The molecular formula is C12H22N2O. The molecule has 1 N–H and O–H groups in total. The second-order valence-electron chi connectivity index (χ2n) is 4.81. The van der Waals surface area contributed by atoms with Gasteiger partial charge in [-0.25, -0.2) is 0 Å². The molecule has 1 aliphatic carbocycles. The molecule has 0 aromatic heterocycles. The van der Waals surface area contributed by atoms with Gasteiger partial charge in [-0.05, 0) is 32.7 Å². The lowest BCUT2D eigenvalue weighted by Gasteiger charge is -2.31. The molecule has 3 unspecified atom stereocenters. The average molecular weight is 210 g/mol. The second-order valence-corrected chi connectivity index (χ2v) is 4.81. The van der Waals surface area contributed by atoms with Gasteiger partial charge in [0.05, 0.1) is 18.8 Å². The van der Waals surface area contributed by atoms with E-state index in [1.165, 1.54) is 19.3 Å². The highest BCUT2D eigenvalue weighted by Crippen LogP contribution is 2.26. The fraction of sp³-hybridized carbons (Fsp3) is 0.917. The molecule has 0 saturated heterocycles.